The summed E-state index contributed by atoms with van der Waals surface area (Å²) in [6.45, 7) is 1.85. The minimum absolute atomic E-state index is 0.129. The van der Waals surface area contributed by atoms with Crippen LogP contribution in [0.25, 0.3) is 0 Å². The number of aromatic nitrogens is 1. The van der Waals surface area contributed by atoms with Gasteiger partial charge in [-0.15, -0.1) is 0 Å². The van der Waals surface area contributed by atoms with Gasteiger partial charge in [0.2, 0.25) is 0 Å². The van der Waals surface area contributed by atoms with Gasteiger partial charge in [0.25, 0.3) is 0 Å². The molecule has 0 amide bonds. The van der Waals surface area contributed by atoms with Gasteiger partial charge in [0, 0.05) is 23.0 Å². The third kappa shape index (κ3) is 3.80. The molecule has 0 aliphatic rings. The van der Waals surface area contributed by atoms with Gasteiger partial charge in [0.05, 0.1) is 6.42 Å². The number of carbonyl (C=O) groups is 1. The van der Waals surface area contributed by atoms with Crippen LogP contribution < -0.4 is 0 Å². The van der Waals surface area contributed by atoms with Gasteiger partial charge in [-0.25, -0.2) is 0 Å². The van der Waals surface area contributed by atoms with E-state index in [-0.39, 0.29) is 18.5 Å². The Hall–Kier alpha value is -1.87. The average Bonchev–Trinajstić information content (AvgIpc) is 2.42. The van der Waals surface area contributed by atoms with Crippen molar-refractivity contribution in [2.24, 2.45) is 0 Å². The van der Waals surface area contributed by atoms with Gasteiger partial charge in [-0.2, -0.15) is 0 Å². The number of nitrogens with zero attached hydrogens (tertiary/aromatic N) is 1. The number of benzene rings is 1. The first-order valence-corrected chi connectivity index (χ1v) is 6.37. The Labute approximate surface area is 117 Å². The monoisotopic (exact) mass is 275 g/mol. The van der Waals surface area contributed by atoms with E-state index in [2.05, 4.69) is 4.98 Å². The maximum atomic E-state index is 11.8. The fourth-order valence-corrected chi connectivity index (χ4v) is 1.90. The molecule has 0 bridgehead atoms. The molecule has 3 nitrogen and oxygen atoms in total. The predicted molar refractivity (Wildman–Crippen MR) is 73.9 cm³/mol. The summed E-state index contributed by atoms with van der Waals surface area (Å²) in [4.78, 5) is 15.8. The van der Waals surface area contributed by atoms with Gasteiger partial charge in [-0.1, -0.05) is 41.9 Å². The van der Waals surface area contributed by atoms with Crippen LogP contribution in [-0.2, 0) is 16.0 Å². The Morgan fingerprint density at radius 1 is 1.32 bits per heavy atom. The molecule has 2 rings (SSSR count). The summed E-state index contributed by atoms with van der Waals surface area (Å²) in [5.41, 5.74) is 1.64. The molecular formula is C15H14ClNO2. The molecule has 0 unspecified atom stereocenters. The molecule has 0 aliphatic heterocycles. The Kier molecular flexibility index (Phi) is 4.53. The molecule has 0 fully saturated rings. The standard InChI is InChI=1S/C15H14ClNO2/c1-11(12-5-3-2-4-6-12)19-15(18)9-13-10-17-8-7-14(13)16/h2-8,10-11H,9H2,1H3/t11-/m1/s1. The first-order chi connectivity index (χ1) is 9.16. The lowest BCUT2D eigenvalue weighted by Crippen LogP contribution is -2.11. The molecule has 19 heavy (non-hydrogen) atoms. The van der Waals surface area contributed by atoms with E-state index in [1.54, 1.807) is 18.5 Å². The van der Waals surface area contributed by atoms with Crippen LogP contribution in [0.2, 0.25) is 5.02 Å². The van der Waals surface area contributed by atoms with Crippen LogP contribution in [0, 0.1) is 0 Å². The molecule has 1 aromatic heterocycles. The van der Waals surface area contributed by atoms with Crippen molar-refractivity contribution in [3.63, 3.8) is 0 Å². The molecule has 1 heterocycles. The second-order valence-corrected chi connectivity index (χ2v) is 4.59. The smallest absolute Gasteiger partial charge is 0.310 e. The average molecular weight is 276 g/mol. The Bertz CT molecular complexity index is 557. The van der Waals surface area contributed by atoms with Crippen molar-refractivity contribution in [3.05, 3.63) is 64.9 Å². The van der Waals surface area contributed by atoms with E-state index < -0.39 is 0 Å². The number of halogens is 1. The van der Waals surface area contributed by atoms with Crippen molar-refractivity contribution < 1.29 is 9.53 Å². The maximum absolute atomic E-state index is 11.8. The van der Waals surface area contributed by atoms with E-state index in [9.17, 15) is 4.79 Å². The number of esters is 1. The van der Waals surface area contributed by atoms with Crippen molar-refractivity contribution in [1.82, 2.24) is 4.98 Å². The quantitative estimate of drug-likeness (QED) is 0.801. The molecule has 1 aromatic carbocycles. The molecule has 0 radical (unpaired) electrons. The molecular weight excluding hydrogens is 262 g/mol. The van der Waals surface area contributed by atoms with Crippen LogP contribution in [0.15, 0.2) is 48.8 Å². The summed E-state index contributed by atoms with van der Waals surface area (Å²) >= 11 is 5.97. The van der Waals surface area contributed by atoms with Crippen molar-refractivity contribution >= 4 is 17.6 Å². The van der Waals surface area contributed by atoms with Crippen molar-refractivity contribution in [2.75, 3.05) is 0 Å². The Morgan fingerprint density at radius 3 is 2.74 bits per heavy atom. The highest BCUT2D eigenvalue weighted by Crippen LogP contribution is 2.19. The van der Waals surface area contributed by atoms with Crippen molar-refractivity contribution in [1.29, 1.82) is 0 Å². The zero-order valence-electron chi connectivity index (χ0n) is 10.5. The zero-order chi connectivity index (χ0) is 13.7. The van der Waals surface area contributed by atoms with Gasteiger partial charge >= 0.3 is 5.97 Å². The van der Waals surface area contributed by atoms with Crippen LogP contribution in [0.3, 0.4) is 0 Å². The fourth-order valence-electron chi connectivity index (χ4n) is 1.73. The van der Waals surface area contributed by atoms with Gasteiger partial charge in [-0.3, -0.25) is 9.78 Å². The summed E-state index contributed by atoms with van der Waals surface area (Å²) in [5, 5.41) is 0.527. The largest absolute Gasteiger partial charge is 0.458 e. The van der Waals surface area contributed by atoms with Gasteiger partial charge in [0.15, 0.2) is 0 Å². The van der Waals surface area contributed by atoms with E-state index in [1.807, 2.05) is 37.3 Å². The molecule has 4 heteroatoms. The van der Waals surface area contributed by atoms with E-state index in [0.29, 0.717) is 10.6 Å². The summed E-state index contributed by atoms with van der Waals surface area (Å²) in [6, 6.07) is 11.3. The van der Waals surface area contributed by atoms with E-state index >= 15 is 0 Å². The van der Waals surface area contributed by atoms with E-state index in [0.717, 1.165) is 5.56 Å². The Morgan fingerprint density at radius 2 is 2.05 bits per heavy atom. The van der Waals surface area contributed by atoms with Crippen molar-refractivity contribution in [3.8, 4) is 0 Å². The first-order valence-electron chi connectivity index (χ1n) is 5.99. The van der Waals surface area contributed by atoms with Crippen LogP contribution >= 0.6 is 11.6 Å². The number of ether oxygens (including phenoxy) is 1. The Balaban J connectivity index is 1.97. The molecule has 98 valence electrons. The molecule has 0 saturated heterocycles. The summed E-state index contributed by atoms with van der Waals surface area (Å²) in [6.07, 6.45) is 3.02. The van der Waals surface area contributed by atoms with Crippen molar-refractivity contribution in [2.45, 2.75) is 19.4 Å². The second kappa shape index (κ2) is 6.34. The van der Waals surface area contributed by atoms with Gasteiger partial charge in [-0.05, 0) is 18.6 Å². The van der Waals surface area contributed by atoms with Gasteiger partial charge < -0.3 is 4.74 Å². The first kappa shape index (κ1) is 13.6. The highest BCUT2D eigenvalue weighted by atomic mass is 35.5. The zero-order valence-corrected chi connectivity index (χ0v) is 11.3. The highest BCUT2D eigenvalue weighted by molar-refractivity contribution is 6.31. The molecule has 0 saturated carbocycles. The number of rotatable bonds is 4. The molecule has 2 aromatic rings. The van der Waals surface area contributed by atoms with Crippen LogP contribution in [0.5, 0.6) is 0 Å². The number of carbonyl (C=O) groups excluding carboxylic acids is 1. The summed E-state index contributed by atoms with van der Waals surface area (Å²) in [5.74, 6) is -0.314. The minimum atomic E-state index is -0.314. The highest BCUT2D eigenvalue weighted by Gasteiger charge is 2.13. The summed E-state index contributed by atoms with van der Waals surface area (Å²) < 4.78 is 5.37. The lowest BCUT2D eigenvalue weighted by atomic mass is 10.1. The van der Waals surface area contributed by atoms with E-state index in [4.69, 9.17) is 16.3 Å². The predicted octanol–water partition coefficient (Wildman–Crippen LogP) is 3.58. The second-order valence-electron chi connectivity index (χ2n) is 4.19. The molecule has 0 spiro atoms. The minimum Gasteiger partial charge on any atom is -0.458 e. The van der Waals surface area contributed by atoms with Gasteiger partial charge in [0.1, 0.15) is 6.10 Å². The number of hydrogen-bond donors (Lipinski definition) is 0. The number of pyridine rings is 1. The maximum Gasteiger partial charge on any atom is 0.310 e. The van der Waals surface area contributed by atoms with Crippen LogP contribution in [0.1, 0.15) is 24.2 Å². The van der Waals surface area contributed by atoms with Crippen LogP contribution in [-0.4, -0.2) is 11.0 Å². The SMILES string of the molecule is C[C@@H](OC(=O)Cc1cnccc1Cl)c1ccccc1. The van der Waals surface area contributed by atoms with E-state index in [1.165, 1.54) is 0 Å². The lowest BCUT2D eigenvalue weighted by molar-refractivity contribution is -0.147. The fraction of sp³-hybridized carbons (Fsp3) is 0.200. The normalized spacial score (nSPS) is 11.9. The lowest BCUT2D eigenvalue weighted by Gasteiger charge is -2.13. The topological polar surface area (TPSA) is 39.2 Å². The third-order valence-corrected chi connectivity index (χ3v) is 3.12. The molecule has 0 N–H and O–H groups in total. The molecule has 1 atom stereocenters. The third-order valence-electron chi connectivity index (χ3n) is 2.76. The number of hydrogen-bond acceptors (Lipinski definition) is 3. The summed E-state index contributed by atoms with van der Waals surface area (Å²) in [7, 11) is 0. The molecule has 0 aliphatic carbocycles. The van der Waals surface area contributed by atoms with Crippen LogP contribution in [0.4, 0.5) is 0 Å².